The predicted octanol–water partition coefficient (Wildman–Crippen LogP) is 0.814. The molecule has 1 heterocycles. The van der Waals surface area contributed by atoms with Crippen LogP contribution >= 0.6 is 0 Å². The van der Waals surface area contributed by atoms with E-state index < -0.39 is 0 Å². The normalized spacial score (nSPS) is 17.4. The van der Waals surface area contributed by atoms with Gasteiger partial charge < -0.3 is 5.11 Å². The fourth-order valence-electron chi connectivity index (χ4n) is 1.89. The molecule has 0 aromatic carbocycles. The molecule has 1 aliphatic rings. The van der Waals surface area contributed by atoms with E-state index in [1.165, 1.54) is 0 Å². The highest BCUT2D eigenvalue weighted by Crippen LogP contribution is 2.33. The van der Waals surface area contributed by atoms with Crippen molar-refractivity contribution in [3.8, 4) is 0 Å². The Labute approximate surface area is 94.5 Å². The van der Waals surface area contributed by atoms with Gasteiger partial charge in [-0.15, -0.1) is 5.10 Å². The Morgan fingerprint density at radius 2 is 2.38 bits per heavy atom. The molecular weight excluding hydrogens is 206 g/mol. The molecule has 0 bridgehead atoms. The molecule has 1 unspecified atom stereocenters. The van der Waals surface area contributed by atoms with E-state index in [0.717, 1.165) is 37.7 Å². The van der Waals surface area contributed by atoms with Crippen molar-refractivity contribution >= 4 is 6.29 Å². The maximum absolute atomic E-state index is 10.8. The van der Waals surface area contributed by atoms with Gasteiger partial charge in [0.15, 0.2) is 6.29 Å². The molecule has 0 spiro atoms. The molecule has 1 saturated carbocycles. The molecule has 1 N–H and O–H groups in total. The molecule has 1 aromatic heterocycles. The number of aliphatic hydroxyl groups excluding tert-OH is 1. The topological polar surface area (TPSA) is 68.0 Å². The van der Waals surface area contributed by atoms with Crippen molar-refractivity contribution in [3.05, 3.63) is 11.4 Å². The first kappa shape index (κ1) is 11.3. The molecule has 0 amide bonds. The molecule has 16 heavy (non-hydrogen) atoms. The van der Waals surface area contributed by atoms with E-state index in [-0.39, 0.29) is 6.10 Å². The van der Waals surface area contributed by atoms with Gasteiger partial charge in [0, 0.05) is 0 Å². The molecule has 0 saturated heterocycles. The number of aromatic nitrogens is 3. The van der Waals surface area contributed by atoms with Crippen LogP contribution in [-0.2, 0) is 13.0 Å². The fraction of sp³-hybridized carbons (Fsp3) is 0.727. The lowest BCUT2D eigenvalue weighted by molar-refractivity contribution is 0.111. The Morgan fingerprint density at radius 1 is 1.62 bits per heavy atom. The van der Waals surface area contributed by atoms with Gasteiger partial charge in [0.05, 0.1) is 18.3 Å². The molecule has 0 radical (unpaired) electrons. The van der Waals surface area contributed by atoms with Crippen LogP contribution in [0, 0.1) is 5.92 Å². The second-order valence-corrected chi connectivity index (χ2v) is 4.38. The number of hydrogen-bond acceptors (Lipinski definition) is 4. The zero-order valence-corrected chi connectivity index (χ0v) is 9.46. The Hall–Kier alpha value is -1.23. The Morgan fingerprint density at radius 3 is 2.94 bits per heavy atom. The van der Waals surface area contributed by atoms with Gasteiger partial charge in [-0.1, -0.05) is 18.6 Å². The molecule has 1 atom stereocenters. The summed E-state index contributed by atoms with van der Waals surface area (Å²) in [6.07, 6.45) is 4.29. The Bertz CT molecular complexity index is 371. The van der Waals surface area contributed by atoms with Crippen LogP contribution in [-0.4, -0.2) is 32.5 Å². The van der Waals surface area contributed by atoms with E-state index in [1.54, 1.807) is 4.68 Å². The number of aliphatic hydroxyl groups is 1. The Balaban J connectivity index is 2.11. The summed E-state index contributed by atoms with van der Waals surface area (Å²) in [6.45, 7) is 2.50. The second kappa shape index (κ2) is 4.74. The summed E-state index contributed by atoms with van der Waals surface area (Å²) < 4.78 is 1.68. The van der Waals surface area contributed by atoms with Gasteiger partial charge in [0.1, 0.15) is 5.69 Å². The van der Waals surface area contributed by atoms with Crippen LogP contribution in [0.15, 0.2) is 0 Å². The van der Waals surface area contributed by atoms with Gasteiger partial charge in [-0.2, -0.15) is 0 Å². The highest BCUT2D eigenvalue weighted by atomic mass is 16.3. The number of carbonyl (C=O) groups is 1. The average Bonchev–Trinajstić information content (AvgIpc) is 3.05. The minimum atomic E-state index is -0.350. The Kier molecular flexibility index (Phi) is 3.33. The third kappa shape index (κ3) is 2.29. The van der Waals surface area contributed by atoms with Gasteiger partial charge in [-0.05, 0) is 25.2 Å². The second-order valence-electron chi connectivity index (χ2n) is 4.38. The van der Waals surface area contributed by atoms with Crippen LogP contribution in [0.1, 0.15) is 42.4 Å². The molecule has 1 fully saturated rings. The van der Waals surface area contributed by atoms with Crippen molar-refractivity contribution < 1.29 is 9.90 Å². The van der Waals surface area contributed by atoms with Crippen molar-refractivity contribution in [1.29, 1.82) is 0 Å². The summed E-state index contributed by atoms with van der Waals surface area (Å²) in [5.41, 5.74) is 1.25. The van der Waals surface area contributed by atoms with E-state index in [4.69, 9.17) is 0 Å². The van der Waals surface area contributed by atoms with Crippen molar-refractivity contribution in [2.75, 3.05) is 0 Å². The highest BCUT2D eigenvalue weighted by molar-refractivity contribution is 5.73. The molecule has 88 valence electrons. The number of rotatable bonds is 6. The summed E-state index contributed by atoms with van der Waals surface area (Å²) in [5, 5.41) is 17.6. The predicted molar refractivity (Wildman–Crippen MR) is 58.1 cm³/mol. The summed E-state index contributed by atoms with van der Waals surface area (Å²) >= 11 is 0. The van der Waals surface area contributed by atoms with Gasteiger partial charge in [0.25, 0.3) is 0 Å². The lowest BCUT2D eigenvalue weighted by atomic mass is 10.2. The first-order chi connectivity index (χ1) is 7.76. The van der Waals surface area contributed by atoms with Crippen molar-refractivity contribution in [3.63, 3.8) is 0 Å². The van der Waals surface area contributed by atoms with Gasteiger partial charge in [-0.3, -0.25) is 4.79 Å². The molecule has 1 aliphatic carbocycles. The van der Waals surface area contributed by atoms with E-state index in [1.807, 2.05) is 6.92 Å². The summed E-state index contributed by atoms with van der Waals surface area (Å²) in [7, 11) is 0. The van der Waals surface area contributed by atoms with Crippen LogP contribution in [0.2, 0.25) is 0 Å². The van der Waals surface area contributed by atoms with Crippen molar-refractivity contribution in [2.24, 2.45) is 5.92 Å². The maximum Gasteiger partial charge on any atom is 0.172 e. The SMILES string of the molecule is CCCc1c(C=O)nnn1CC(O)C1CC1. The third-order valence-electron chi connectivity index (χ3n) is 2.99. The third-order valence-corrected chi connectivity index (χ3v) is 2.99. The number of hydrogen-bond donors (Lipinski definition) is 1. The molecular formula is C11H17N3O2. The van der Waals surface area contributed by atoms with E-state index in [2.05, 4.69) is 10.3 Å². The standard InChI is InChI=1S/C11H17N3O2/c1-2-3-10-9(7-15)12-13-14(10)6-11(16)8-4-5-8/h7-8,11,16H,2-6H2,1H3. The monoisotopic (exact) mass is 223 g/mol. The summed E-state index contributed by atoms with van der Waals surface area (Å²) in [4.78, 5) is 10.8. The van der Waals surface area contributed by atoms with E-state index in [9.17, 15) is 9.90 Å². The average molecular weight is 223 g/mol. The number of aldehydes is 1. The van der Waals surface area contributed by atoms with Crippen LogP contribution < -0.4 is 0 Å². The quantitative estimate of drug-likeness (QED) is 0.725. The van der Waals surface area contributed by atoms with Gasteiger partial charge >= 0.3 is 0 Å². The van der Waals surface area contributed by atoms with E-state index in [0.29, 0.717) is 18.2 Å². The first-order valence-corrected chi connectivity index (χ1v) is 5.81. The van der Waals surface area contributed by atoms with Crippen LogP contribution in [0.3, 0.4) is 0 Å². The van der Waals surface area contributed by atoms with Crippen molar-refractivity contribution in [2.45, 2.75) is 45.3 Å². The number of carbonyl (C=O) groups excluding carboxylic acids is 1. The molecule has 0 aliphatic heterocycles. The van der Waals surface area contributed by atoms with Crippen molar-refractivity contribution in [1.82, 2.24) is 15.0 Å². The van der Waals surface area contributed by atoms with E-state index >= 15 is 0 Å². The molecule has 1 aromatic rings. The molecule has 5 nitrogen and oxygen atoms in total. The van der Waals surface area contributed by atoms with Gasteiger partial charge in [0.2, 0.25) is 0 Å². The summed E-state index contributed by atoms with van der Waals surface area (Å²) in [5.74, 6) is 0.415. The zero-order valence-electron chi connectivity index (χ0n) is 9.46. The molecule has 5 heteroatoms. The minimum absolute atomic E-state index is 0.350. The number of nitrogens with zero attached hydrogens (tertiary/aromatic N) is 3. The van der Waals surface area contributed by atoms with Crippen LogP contribution in [0.25, 0.3) is 0 Å². The summed E-state index contributed by atoms with van der Waals surface area (Å²) in [6, 6.07) is 0. The van der Waals surface area contributed by atoms with Crippen LogP contribution in [0.4, 0.5) is 0 Å². The largest absolute Gasteiger partial charge is 0.391 e. The smallest absolute Gasteiger partial charge is 0.172 e. The minimum Gasteiger partial charge on any atom is -0.391 e. The highest BCUT2D eigenvalue weighted by Gasteiger charge is 2.30. The molecule has 2 rings (SSSR count). The zero-order chi connectivity index (χ0) is 11.5. The maximum atomic E-state index is 10.8. The first-order valence-electron chi connectivity index (χ1n) is 5.81. The van der Waals surface area contributed by atoms with Gasteiger partial charge in [-0.25, -0.2) is 4.68 Å². The lowest BCUT2D eigenvalue weighted by Crippen LogP contribution is -2.20. The lowest BCUT2D eigenvalue weighted by Gasteiger charge is -2.11. The van der Waals surface area contributed by atoms with Crippen LogP contribution in [0.5, 0.6) is 0 Å². The fourth-order valence-corrected chi connectivity index (χ4v) is 1.89.